The van der Waals surface area contributed by atoms with Crippen molar-refractivity contribution in [2.24, 2.45) is 0 Å². The number of halogens is 1. The number of aromatic nitrogens is 2. The molecular formula is C21H20ClN3O3. The fourth-order valence-electron chi connectivity index (χ4n) is 2.61. The predicted molar refractivity (Wildman–Crippen MR) is 111 cm³/mol. The van der Waals surface area contributed by atoms with Gasteiger partial charge in [0, 0.05) is 29.7 Å². The summed E-state index contributed by atoms with van der Waals surface area (Å²) >= 11 is 6.25. The predicted octanol–water partition coefficient (Wildman–Crippen LogP) is 4.79. The van der Waals surface area contributed by atoms with Crippen LogP contribution < -0.4 is 14.8 Å². The number of nitrogens with one attached hydrogen (secondary N) is 2. The number of rotatable bonds is 7. The van der Waals surface area contributed by atoms with Crippen molar-refractivity contribution in [2.75, 3.05) is 19.0 Å². The van der Waals surface area contributed by atoms with E-state index in [0.717, 1.165) is 17.0 Å². The molecule has 0 saturated carbocycles. The number of methoxy groups -OCH3 is 1. The van der Waals surface area contributed by atoms with Crippen molar-refractivity contribution in [3.8, 4) is 22.9 Å². The van der Waals surface area contributed by atoms with Crippen LogP contribution in [0.4, 0.5) is 5.69 Å². The summed E-state index contributed by atoms with van der Waals surface area (Å²) in [5.74, 6) is 1.53. The molecule has 0 bridgehead atoms. The van der Waals surface area contributed by atoms with Crippen LogP contribution in [0.2, 0.25) is 5.02 Å². The van der Waals surface area contributed by atoms with Gasteiger partial charge in [0.2, 0.25) is 5.91 Å². The number of hydrogen-bond acceptors (Lipinski definition) is 4. The van der Waals surface area contributed by atoms with E-state index >= 15 is 0 Å². The number of nitrogens with zero attached hydrogens (tertiary/aromatic N) is 1. The number of carbonyl (C=O) groups is 1. The van der Waals surface area contributed by atoms with Crippen molar-refractivity contribution < 1.29 is 14.3 Å². The highest BCUT2D eigenvalue weighted by Gasteiger charge is 2.10. The molecule has 0 aliphatic carbocycles. The summed E-state index contributed by atoms with van der Waals surface area (Å²) in [6.07, 6.45) is 6.55. The van der Waals surface area contributed by atoms with E-state index in [1.165, 1.54) is 6.08 Å². The summed E-state index contributed by atoms with van der Waals surface area (Å²) < 4.78 is 10.8. The fourth-order valence-corrected chi connectivity index (χ4v) is 2.88. The molecular weight excluding hydrogens is 378 g/mol. The van der Waals surface area contributed by atoms with Gasteiger partial charge in [0.05, 0.1) is 18.7 Å². The lowest BCUT2D eigenvalue weighted by Crippen LogP contribution is -2.07. The first kappa shape index (κ1) is 19.5. The summed E-state index contributed by atoms with van der Waals surface area (Å²) in [5.41, 5.74) is 2.36. The first-order valence-corrected chi connectivity index (χ1v) is 9.07. The summed E-state index contributed by atoms with van der Waals surface area (Å²) in [4.78, 5) is 19.4. The third kappa shape index (κ3) is 4.72. The summed E-state index contributed by atoms with van der Waals surface area (Å²) in [6, 6.07) is 10.9. The summed E-state index contributed by atoms with van der Waals surface area (Å²) in [7, 11) is 1.54. The van der Waals surface area contributed by atoms with E-state index in [-0.39, 0.29) is 5.91 Å². The zero-order valence-corrected chi connectivity index (χ0v) is 16.3. The van der Waals surface area contributed by atoms with Crippen molar-refractivity contribution in [1.29, 1.82) is 0 Å². The first-order valence-electron chi connectivity index (χ1n) is 8.70. The van der Waals surface area contributed by atoms with Crippen LogP contribution in [-0.2, 0) is 4.79 Å². The molecule has 7 heteroatoms. The lowest BCUT2D eigenvalue weighted by molar-refractivity contribution is -0.111. The Morgan fingerprint density at radius 1 is 1.29 bits per heavy atom. The molecule has 144 valence electrons. The molecule has 0 atom stereocenters. The number of ether oxygens (including phenoxy) is 2. The standard InChI is InChI=1S/C21H20ClN3O3/c1-3-28-20-17(22)12-14(13-18(20)27-2)4-9-19(26)25-16-7-5-15(6-8-16)21-23-10-11-24-21/h4-13H,3H2,1-2H3,(H,23,24)(H,25,26). The quantitative estimate of drug-likeness (QED) is 0.562. The monoisotopic (exact) mass is 397 g/mol. The number of anilines is 1. The Labute approximate surface area is 168 Å². The van der Waals surface area contributed by atoms with Gasteiger partial charge in [-0.15, -0.1) is 0 Å². The average Bonchev–Trinajstić information content (AvgIpc) is 3.23. The molecule has 0 aliphatic rings. The maximum atomic E-state index is 12.2. The van der Waals surface area contributed by atoms with Gasteiger partial charge in [-0.3, -0.25) is 4.79 Å². The van der Waals surface area contributed by atoms with E-state index in [2.05, 4.69) is 15.3 Å². The third-order valence-corrected chi connectivity index (χ3v) is 4.17. The molecule has 1 aromatic heterocycles. The first-order chi connectivity index (χ1) is 13.6. The molecule has 6 nitrogen and oxygen atoms in total. The van der Waals surface area contributed by atoms with Gasteiger partial charge in [-0.25, -0.2) is 4.98 Å². The molecule has 2 N–H and O–H groups in total. The van der Waals surface area contributed by atoms with Gasteiger partial charge < -0.3 is 19.8 Å². The van der Waals surface area contributed by atoms with Gasteiger partial charge >= 0.3 is 0 Å². The van der Waals surface area contributed by atoms with Gasteiger partial charge in [0.15, 0.2) is 11.5 Å². The van der Waals surface area contributed by atoms with E-state index in [4.69, 9.17) is 21.1 Å². The van der Waals surface area contributed by atoms with E-state index in [1.807, 2.05) is 31.2 Å². The second-order valence-electron chi connectivity index (χ2n) is 5.80. The van der Waals surface area contributed by atoms with Crippen LogP contribution in [0.1, 0.15) is 12.5 Å². The van der Waals surface area contributed by atoms with Crippen LogP contribution in [0.3, 0.4) is 0 Å². The highest BCUT2D eigenvalue weighted by Crippen LogP contribution is 2.36. The second kappa shape index (κ2) is 9.10. The zero-order chi connectivity index (χ0) is 19.9. The number of hydrogen-bond donors (Lipinski definition) is 2. The maximum absolute atomic E-state index is 12.2. The van der Waals surface area contributed by atoms with E-state index in [9.17, 15) is 4.79 Å². The smallest absolute Gasteiger partial charge is 0.248 e. The molecule has 3 rings (SSSR count). The van der Waals surface area contributed by atoms with Crippen molar-refractivity contribution in [1.82, 2.24) is 9.97 Å². The molecule has 0 fully saturated rings. The Hall–Kier alpha value is -3.25. The van der Waals surface area contributed by atoms with Gasteiger partial charge in [0.1, 0.15) is 5.82 Å². The fraction of sp³-hybridized carbons (Fsp3) is 0.143. The summed E-state index contributed by atoms with van der Waals surface area (Å²) in [5, 5.41) is 3.24. The normalized spacial score (nSPS) is 10.8. The molecule has 1 heterocycles. The van der Waals surface area contributed by atoms with Crippen molar-refractivity contribution in [3.63, 3.8) is 0 Å². The molecule has 0 unspecified atom stereocenters. The average molecular weight is 398 g/mol. The van der Waals surface area contributed by atoms with E-state index < -0.39 is 0 Å². The minimum Gasteiger partial charge on any atom is -0.493 e. The molecule has 0 radical (unpaired) electrons. The Kier molecular flexibility index (Phi) is 6.34. The van der Waals surface area contributed by atoms with Crippen molar-refractivity contribution in [3.05, 3.63) is 65.5 Å². The van der Waals surface area contributed by atoms with Crippen LogP contribution in [-0.4, -0.2) is 29.6 Å². The van der Waals surface area contributed by atoms with Crippen molar-refractivity contribution >= 4 is 29.3 Å². The highest BCUT2D eigenvalue weighted by molar-refractivity contribution is 6.32. The highest BCUT2D eigenvalue weighted by atomic mass is 35.5. The molecule has 2 aromatic carbocycles. The molecule has 0 spiro atoms. The lowest BCUT2D eigenvalue weighted by atomic mass is 10.1. The SMILES string of the molecule is CCOc1c(Cl)cc(C=CC(=O)Nc2ccc(-c3ncc[nH]3)cc2)cc1OC. The number of amides is 1. The van der Waals surface area contributed by atoms with E-state index in [1.54, 1.807) is 37.7 Å². The molecule has 3 aromatic rings. The van der Waals surface area contributed by atoms with Gasteiger partial charge in [-0.1, -0.05) is 11.6 Å². The van der Waals surface area contributed by atoms with Gasteiger partial charge in [-0.2, -0.15) is 0 Å². The number of H-pyrrole nitrogens is 1. The lowest BCUT2D eigenvalue weighted by Gasteiger charge is -2.11. The zero-order valence-electron chi connectivity index (χ0n) is 15.5. The minimum atomic E-state index is -0.255. The number of aromatic amines is 1. The second-order valence-corrected chi connectivity index (χ2v) is 6.21. The van der Waals surface area contributed by atoms with Crippen LogP contribution in [0.5, 0.6) is 11.5 Å². The summed E-state index contributed by atoms with van der Waals surface area (Å²) in [6.45, 7) is 2.35. The Balaban J connectivity index is 1.67. The van der Waals surface area contributed by atoms with Crippen LogP contribution in [0, 0.1) is 0 Å². The minimum absolute atomic E-state index is 0.255. The molecule has 0 aliphatic heterocycles. The third-order valence-electron chi connectivity index (χ3n) is 3.89. The molecule has 1 amide bonds. The Morgan fingerprint density at radius 2 is 2.07 bits per heavy atom. The number of imidazole rings is 1. The van der Waals surface area contributed by atoms with Crippen LogP contribution >= 0.6 is 11.6 Å². The van der Waals surface area contributed by atoms with Crippen LogP contribution in [0.15, 0.2) is 54.9 Å². The van der Waals surface area contributed by atoms with Crippen LogP contribution in [0.25, 0.3) is 17.5 Å². The molecule has 28 heavy (non-hydrogen) atoms. The Bertz CT molecular complexity index is 967. The van der Waals surface area contributed by atoms with Crippen molar-refractivity contribution in [2.45, 2.75) is 6.92 Å². The van der Waals surface area contributed by atoms with Gasteiger partial charge in [0.25, 0.3) is 0 Å². The number of carbonyl (C=O) groups excluding carboxylic acids is 1. The van der Waals surface area contributed by atoms with Gasteiger partial charge in [-0.05, 0) is 55.0 Å². The maximum Gasteiger partial charge on any atom is 0.248 e. The largest absolute Gasteiger partial charge is 0.493 e. The number of benzene rings is 2. The van der Waals surface area contributed by atoms with E-state index in [0.29, 0.717) is 28.8 Å². The molecule has 0 saturated heterocycles. The Morgan fingerprint density at radius 3 is 2.71 bits per heavy atom. The topological polar surface area (TPSA) is 76.2 Å².